The average Bonchev–Trinajstić information content (AvgIpc) is 3.07. The summed E-state index contributed by atoms with van der Waals surface area (Å²) in [5.74, 6) is 0. The number of nitrogens with zero attached hydrogens (tertiary/aromatic N) is 1. The smallest absolute Gasteiger partial charge is 0.321 e. The third-order valence-corrected chi connectivity index (χ3v) is 4.26. The van der Waals surface area contributed by atoms with Gasteiger partial charge in [-0.2, -0.15) is 11.3 Å². The van der Waals surface area contributed by atoms with Crippen LogP contribution in [0.4, 0.5) is 21.0 Å². The van der Waals surface area contributed by atoms with Gasteiger partial charge >= 0.3 is 12.1 Å². The molecule has 0 radical (unpaired) electrons. The summed E-state index contributed by atoms with van der Waals surface area (Å²) in [6.45, 7) is 1.88. The summed E-state index contributed by atoms with van der Waals surface area (Å²) in [4.78, 5) is 25.5. The highest BCUT2D eigenvalue weighted by atomic mass is 32.1. The lowest BCUT2D eigenvalue weighted by molar-refractivity contribution is 0.243. The lowest BCUT2D eigenvalue weighted by atomic mass is 10.2. The standard InChI is InChI=1S/C16H18N4O2S/c21-15(18-10-12-5-8-23-11-12)19-13-3-1-4-14(9-13)20-7-2-6-17-16(20)22/h1,3-5,8-9,11H,2,6-7,10H2,(H,17,22)(H2,18,19,21). The van der Waals surface area contributed by atoms with Crippen LogP contribution in [0, 0.1) is 0 Å². The second-order valence-electron chi connectivity index (χ2n) is 5.23. The number of rotatable bonds is 4. The molecule has 0 aliphatic carbocycles. The van der Waals surface area contributed by atoms with E-state index >= 15 is 0 Å². The fraction of sp³-hybridized carbons (Fsp3) is 0.250. The molecule has 3 rings (SSSR count). The van der Waals surface area contributed by atoms with Crippen LogP contribution in [0.2, 0.25) is 0 Å². The van der Waals surface area contributed by atoms with Crippen molar-refractivity contribution in [1.82, 2.24) is 10.6 Å². The largest absolute Gasteiger partial charge is 0.338 e. The number of carbonyl (C=O) groups excluding carboxylic acids is 2. The molecule has 0 spiro atoms. The second-order valence-corrected chi connectivity index (χ2v) is 6.01. The van der Waals surface area contributed by atoms with E-state index in [1.165, 1.54) is 0 Å². The van der Waals surface area contributed by atoms with Crippen LogP contribution in [-0.2, 0) is 6.54 Å². The Labute approximate surface area is 138 Å². The van der Waals surface area contributed by atoms with Crippen LogP contribution in [0.3, 0.4) is 0 Å². The van der Waals surface area contributed by atoms with E-state index in [0.29, 0.717) is 25.3 Å². The van der Waals surface area contributed by atoms with Crippen molar-refractivity contribution < 1.29 is 9.59 Å². The van der Waals surface area contributed by atoms with Crippen molar-refractivity contribution in [3.8, 4) is 0 Å². The molecule has 2 heterocycles. The van der Waals surface area contributed by atoms with Gasteiger partial charge in [0.05, 0.1) is 0 Å². The fourth-order valence-electron chi connectivity index (χ4n) is 2.38. The molecule has 1 aromatic carbocycles. The highest BCUT2D eigenvalue weighted by Gasteiger charge is 2.19. The van der Waals surface area contributed by atoms with Crippen LogP contribution >= 0.6 is 11.3 Å². The van der Waals surface area contributed by atoms with Gasteiger partial charge in [0, 0.05) is 31.0 Å². The zero-order chi connectivity index (χ0) is 16.1. The Morgan fingerprint density at radius 2 is 2.26 bits per heavy atom. The number of amides is 4. The number of anilines is 2. The molecular weight excluding hydrogens is 312 g/mol. The Hall–Kier alpha value is -2.54. The van der Waals surface area contributed by atoms with E-state index in [1.54, 1.807) is 28.4 Å². The topological polar surface area (TPSA) is 73.5 Å². The monoisotopic (exact) mass is 330 g/mol. The molecule has 0 unspecified atom stereocenters. The van der Waals surface area contributed by atoms with Crippen molar-refractivity contribution in [3.63, 3.8) is 0 Å². The van der Waals surface area contributed by atoms with Gasteiger partial charge in [-0.15, -0.1) is 0 Å². The number of nitrogens with one attached hydrogen (secondary N) is 3. The number of benzene rings is 1. The molecular formula is C16H18N4O2S. The summed E-state index contributed by atoms with van der Waals surface area (Å²) in [7, 11) is 0. The van der Waals surface area contributed by atoms with Crippen LogP contribution in [0.25, 0.3) is 0 Å². The Balaban J connectivity index is 1.60. The van der Waals surface area contributed by atoms with E-state index < -0.39 is 0 Å². The third kappa shape index (κ3) is 4.01. The average molecular weight is 330 g/mol. The SMILES string of the molecule is O=C(NCc1ccsc1)Nc1cccc(N2CCCNC2=O)c1. The van der Waals surface area contributed by atoms with Crippen LogP contribution in [0.1, 0.15) is 12.0 Å². The zero-order valence-corrected chi connectivity index (χ0v) is 13.4. The van der Waals surface area contributed by atoms with E-state index in [0.717, 1.165) is 17.7 Å². The van der Waals surface area contributed by atoms with Gasteiger partial charge < -0.3 is 16.0 Å². The first-order valence-electron chi connectivity index (χ1n) is 7.44. The number of hydrogen-bond donors (Lipinski definition) is 3. The van der Waals surface area contributed by atoms with E-state index in [2.05, 4.69) is 16.0 Å². The predicted octanol–water partition coefficient (Wildman–Crippen LogP) is 2.99. The van der Waals surface area contributed by atoms with Gasteiger partial charge in [-0.1, -0.05) is 6.07 Å². The van der Waals surface area contributed by atoms with Gasteiger partial charge in [-0.05, 0) is 47.0 Å². The summed E-state index contributed by atoms with van der Waals surface area (Å²) >= 11 is 1.60. The van der Waals surface area contributed by atoms with Gasteiger partial charge in [0.1, 0.15) is 0 Å². The van der Waals surface area contributed by atoms with E-state index in [1.807, 2.05) is 29.0 Å². The molecule has 120 valence electrons. The van der Waals surface area contributed by atoms with Crippen LogP contribution in [-0.4, -0.2) is 25.2 Å². The molecule has 1 saturated heterocycles. The lowest BCUT2D eigenvalue weighted by Crippen LogP contribution is -2.46. The molecule has 0 bridgehead atoms. The Morgan fingerprint density at radius 1 is 1.35 bits per heavy atom. The number of carbonyl (C=O) groups is 2. The Bertz CT molecular complexity index is 687. The van der Waals surface area contributed by atoms with Crippen molar-refractivity contribution in [2.45, 2.75) is 13.0 Å². The van der Waals surface area contributed by atoms with E-state index in [4.69, 9.17) is 0 Å². The first-order chi connectivity index (χ1) is 11.2. The number of hydrogen-bond acceptors (Lipinski definition) is 3. The minimum Gasteiger partial charge on any atom is -0.338 e. The molecule has 3 N–H and O–H groups in total. The predicted molar refractivity (Wildman–Crippen MR) is 92.0 cm³/mol. The van der Waals surface area contributed by atoms with Crippen LogP contribution in [0.15, 0.2) is 41.1 Å². The van der Waals surface area contributed by atoms with Gasteiger partial charge in [0.25, 0.3) is 0 Å². The lowest BCUT2D eigenvalue weighted by Gasteiger charge is -2.27. The highest BCUT2D eigenvalue weighted by molar-refractivity contribution is 7.07. The minimum atomic E-state index is -0.267. The first kappa shape index (κ1) is 15.4. The molecule has 23 heavy (non-hydrogen) atoms. The van der Waals surface area contributed by atoms with Gasteiger partial charge in [0.2, 0.25) is 0 Å². The van der Waals surface area contributed by atoms with Crippen molar-refractivity contribution in [1.29, 1.82) is 0 Å². The quantitative estimate of drug-likeness (QED) is 0.806. The maximum absolute atomic E-state index is 11.9. The molecule has 2 aromatic rings. The van der Waals surface area contributed by atoms with Crippen molar-refractivity contribution in [2.24, 2.45) is 0 Å². The molecule has 1 aliphatic heterocycles. The zero-order valence-electron chi connectivity index (χ0n) is 12.5. The van der Waals surface area contributed by atoms with E-state index in [9.17, 15) is 9.59 Å². The molecule has 1 aromatic heterocycles. The molecule has 7 heteroatoms. The summed E-state index contributed by atoms with van der Waals surface area (Å²) in [5.41, 5.74) is 2.51. The molecule has 1 fully saturated rings. The van der Waals surface area contributed by atoms with Crippen molar-refractivity contribution in [3.05, 3.63) is 46.7 Å². The third-order valence-electron chi connectivity index (χ3n) is 3.53. The van der Waals surface area contributed by atoms with E-state index in [-0.39, 0.29) is 12.1 Å². The summed E-state index contributed by atoms with van der Waals surface area (Å²) < 4.78 is 0. The summed E-state index contributed by atoms with van der Waals surface area (Å²) in [5, 5.41) is 12.4. The number of urea groups is 2. The minimum absolute atomic E-state index is 0.102. The second kappa shape index (κ2) is 7.15. The maximum atomic E-state index is 11.9. The normalized spacial score (nSPS) is 14.3. The van der Waals surface area contributed by atoms with Crippen molar-refractivity contribution in [2.75, 3.05) is 23.3 Å². The molecule has 6 nitrogen and oxygen atoms in total. The van der Waals surface area contributed by atoms with Gasteiger partial charge in [-0.25, -0.2) is 9.59 Å². The summed E-state index contributed by atoms with van der Waals surface area (Å²) in [6.07, 6.45) is 0.907. The maximum Gasteiger partial charge on any atom is 0.321 e. The van der Waals surface area contributed by atoms with Gasteiger partial charge in [0.15, 0.2) is 0 Å². The van der Waals surface area contributed by atoms with Crippen LogP contribution < -0.4 is 20.9 Å². The van der Waals surface area contributed by atoms with Crippen LogP contribution in [0.5, 0.6) is 0 Å². The molecule has 1 aliphatic rings. The summed E-state index contributed by atoms with van der Waals surface area (Å²) in [6, 6.07) is 8.89. The fourth-order valence-corrected chi connectivity index (χ4v) is 3.05. The Morgan fingerprint density at radius 3 is 3.04 bits per heavy atom. The number of thiophene rings is 1. The molecule has 0 saturated carbocycles. The molecule has 0 atom stereocenters. The first-order valence-corrected chi connectivity index (χ1v) is 8.38. The molecule has 4 amide bonds. The van der Waals surface area contributed by atoms with Gasteiger partial charge in [-0.3, -0.25) is 4.90 Å². The van der Waals surface area contributed by atoms with Crippen molar-refractivity contribution >= 4 is 34.8 Å². The Kier molecular flexibility index (Phi) is 4.77. The highest BCUT2D eigenvalue weighted by Crippen LogP contribution is 2.21.